The van der Waals surface area contributed by atoms with Gasteiger partial charge in [-0.05, 0) is 31.9 Å². The molecular formula is C14H20F3NO2. The van der Waals surface area contributed by atoms with Gasteiger partial charge < -0.3 is 14.8 Å². The summed E-state index contributed by atoms with van der Waals surface area (Å²) in [6.45, 7) is 1.85. The van der Waals surface area contributed by atoms with Crippen molar-refractivity contribution >= 4 is 5.69 Å². The molecule has 0 aromatic heterocycles. The Bertz CT molecular complexity index is 421. The molecule has 1 N–H and O–H groups in total. The van der Waals surface area contributed by atoms with Gasteiger partial charge in [0.2, 0.25) is 0 Å². The summed E-state index contributed by atoms with van der Waals surface area (Å²) in [4.78, 5) is 0. The van der Waals surface area contributed by atoms with Crippen molar-refractivity contribution in [3.8, 4) is 11.5 Å². The van der Waals surface area contributed by atoms with Crippen LogP contribution in [0.25, 0.3) is 0 Å². The average molecular weight is 291 g/mol. The maximum Gasteiger partial charge on any atom is 0.389 e. The van der Waals surface area contributed by atoms with E-state index < -0.39 is 12.6 Å². The minimum absolute atomic E-state index is 0.0698. The number of hydrogen-bond acceptors (Lipinski definition) is 3. The van der Waals surface area contributed by atoms with E-state index >= 15 is 0 Å². The van der Waals surface area contributed by atoms with Crippen molar-refractivity contribution in [2.75, 3.05) is 19.5 Å². The van der Waals surface area contributed by atoms with Gasteiger partial charge in [-0.1, -0.05) is 0 Å². The van der Waals surface area contributed by atoms with Crippen molar-refractivity contribution in [3.05, 3.63) is 18.2 Å². The van der Waals surface area contributed by atoms with E-state index in [0.717, 1.165) is 5.69 Å². The number of benzene rings is 1. The molecule has 114 valence electrons. The van der Waals surface area contributed by atoms with Crippen molar-refractivity contribution in [2.45, 2.75) is 38.4 Å². The normalized spacial score (nSPS) is 12.9. The van der Waals surface area contributed by atoms with Crippen LogP contribution < -0.4 is 14.8 Å². The topological polar surface area (TPSA) is 30.5 Å². The second kappa shape index (κ2) is 7.26. The summed E-state index contributed by atoms with van der Waals surface area (Å²) in [6, 6.07) is 5.22. The molecule has 0 amide bonds. The summed E-state index contributed by atoms with van der Waals surface area (Å²) in [5.74, 6) is 1.27. The van der Waals surface area contributed by atoms with E-state index in [1.54, 1.807) is 25.3 Å². The molecule has 0 fully saturated rings. The zero-order chi connectivity index (χ0) is 15.2. The third kappa shape index (κ3) is 5.59. The molecule has 3 nitrogen and oxygen atoms in total. The Kier molecular flexibility index (Phi) is 5.98. The first-order valence-electron chi connectivity index (χ1n) is 6.41. The van der Waals surface area contributed by atoms with Crippen molar-refractivity contribution in [1.29, 1.82) is 0 Å². The van der Waals surface area contributed by atoms with Gasteiger partial charge >= 0.3 is 6.18 Å². The molecule has 1 atom stereocenters. The second-order valence-corrected chi connectivity index (χ2v) is 4.62. The fourth-order valence-electron chi connectivity index (χ4n) is 1.86. The SMILES string of the molecule is COc1ccc(NC(C)CCCC(F)(F)F)c(OC)c1. The Labute approximate surface area is 117 Å². The Morgan fingerprint density at radius 2 is 1.90 bits per heavy atom. The van der Waals surface area contributed by atoms with Crippen LogP contribution in [0.15, 0.2) is 18.2 Å². The van der Waals surface area contributed by atoms with E-state index in [2.05, 4.69) is 5.32 Å². The van der Waals surface area contributed by atoms with E-state index in [-0.39, 0.29) is 12.5 Å². The largest absolute Gasteiger partial charge is 0.497 e. The first kappa shape index (κ1) is 16.5. The Balaban J connectivity index is 2.55. The minimum Gasteiger partial charge on any atom is -0.497 e. The Hall–Kier alpha value is -1.59. The fraction of sp³-hybridized carbons (Fsp3) is 0.571. The predicted molar refractivity (Wildman–Crippen MR) is 72.5 cm³/mol. The lowest BCUT2D eigenvalue weighted by atomic mass is 10.1. The number of ether oxygens (including phenoxy) is 2. The fourth-order valence-corrected chi connectivity index (χ4v) is 1.86. The standard InChI is InChI=1S/C14H20F3NO2/c1-10(5-4-8-14(15,16)17)18-12-7-6-11(19-2)9-13(12)20-3/h6-7,9-10,18H,4-5,8H2,1-3H3. The molecule has 0 saturated carbocycles. The van der Waals surface area contributed by atoms with E-state index in [9.17, 15) is 13.2 Å². The van der Waals surface area contributed by atoms with E-state index in [4.69, 9.17) is 9.47 Å². The molecule has 0 saturated heterocycles. The molecular weight excluding hydrogens is 271 g/mol. The van der Waals surface area contributed by atoms with Gasteiger partial charge in [0.05, 0.1) is 19.9 Å². The molecule has 1 aromatic rings. The molecule has 0 aliphatic rings. The lowest BCUT2D eigenvalue weighted by Crippen LogP contribution is -2.17. The zero-order valence-electron chi connectivity index (χ0n) is 11.9. The number of nitrogens with one attached hydrogen (secondary N) is 1. The maximum absolute atomic E-state index is 12.1. The van der Waals surface area contributed by atoms with Crippen molar-refractivity contribution in [3.63, 3.8) is 0 Å². The van der Waals surface area contributed by atoms with Gasteiger partial charge in [-0.2, -0.15) is 13.2 Å². The molecule has 1 rings (SSSR count). The highest BCUT2D eigenvalue weighted by atomic mass is 19.4. The van der Waals surface area contributed by atoms with Crippen LogP contribution in [0.2, 0.25) is 0 Å². The number of hydrogen-bond donors (Lipinski definition) is 1. The van der Waals surface area contributed by atoms with Gasteiger partial charge in [-0.25, -0.2) is 0 Å². The molecule has 20 heavy (non-hydrogen) atoms. The Morgan fingerprint density at radius 3 is 2.45 bits per heavy atom. The molecule has 0 radical (unpaired) electrons. The summed E-state index contributed by atoms with van der Waals surface area (Å²) >= 11 is 0. The quantitative estimate of drug-likeness (QED) is 0.815. The van der Waals surface area contributed by atoms with Gasteiger partial charge in [0, 0.05) is 18.5 Å². The monoisotopic (exact) mass is 291 g/mol. The van der Waals surface area contributed by atoms with Gasteiger partial charge in [0.25, 0.3) is 0 Å². The van der Waals surface area contributed by atoms with Gasteiger partial charge in [-0.15, -0.1) is 0 Å². The predicted octanol–water partition coefficient (Wildman–Crippen LogP) is 4.24. The van der Waals surface area contributed by atoms with Crippen molar-refractivity contribution in [2.24, 2.45) is 0 Å². The summed E-state index contributed by atoms with van der Waals surface area (Å²) in [5.41, 5.74) is 0.743. The lowest BCUT2D eigenvalue weighted by molar-refractivity contribution is -0.135. The summed E-state index contributed by atoms with van der Waals surface area (Å²) in [6.07, 6.45) is -4.29. The number of methoxy groups -OCH3 is 2. The van der Waals surface area contributed by atoms with Gasteiger partial charge in [0.1, 0.15) is 11.5 Å². The first-order chi connectivity index (χ1) is 9.35. The molecule has 6 heteroatoms. The maximum atomic E-state index is 12.1. The Morgan fingerprint density at radius 1 is 1.20 bits per heavy atom. The van der Waals surface area contributed by atoms with E-state index in [0.29, 0.717) is 17.9 Å². The van der Waals surface area contributed by atoms with Crippen LogP contribution in [0.5, 0.6) is 11.5 Å². The van der Waals surface area contributed by atoms with Crippen LogP contribution >= 0.6 is 0 Å². The number of alkyl halides is 3. The third-order valence-electron chi connectivity index (χ3n) is 2.91. The van der Waals surface area contributed by atoms with Gasteiger partial charge in [-0.3, -0.25) is 0 Å². The lowest BCUT2D eigenvalue weighted by Gasteiger charge is -2.18. The third-order valence-corrected chi connectivity index (χ3v) is 2.91. The molecule has 1 aromatic carbocycles. The summed E-state index contributed by atoms with van der Waals surface area (Å²) < 4.78 is 46.6. The second-order valence-electron chi connectivity index (χ2n) is 4.62. The van der Waals surface area contributed by atoms with Crippen LogP contribution in [0.4, 0.5) is 18.9 Å². The molecule has 1 unspecified atom stereocenters. The highest BCUT2D eigenvalue weighted by Gasteiger charge is 2.26. The average Bonchev–Trinajstić information content (AvgIpc) is 2.37. The highest BCUT2D eigenvalue weighted by molar-refractivity contribution is 5.59. The van der Waals surface area contributed by atoms with Crippen molar-refractivity contribution < 1.29 is 22.6 Å². The van der Waals surface area contributed by atoms with E-state index in [1.807, 2.05) is 6.92 Å². The molecule has 0 aliphatic heterocycles. The van der Waals surface area contributed by atoms with Crippen LogP contribution in [0.3, 0.4) is 0 Å². The smallest absolute Gasteiger partial charge is 0.389 e. The summed E-state index contributed by atoms with van der Waals surface area (Å²) in [7, 11) is 3.09. The van der Waals surface area contributed by atoms with Crippen LogP contribution in [-0.4, -0.2) is 26.4 Å². The molecule has 0 spiro atoms. The zero-order valence-corrected chi connectivity index (χ0v) is 11.9. The first-order valence-corrected chi connectivity index (χ1v) is 6.41. The van der Waals surface area contributed by atoms with Crippen LogP contribution in [0.1, 0.15) is 26.2 Å². The number of rotatable bonds is 7. The van der Waals surface area contributed by atoms with Crippen molar-refractivity contribution in [1.82, 2.24) is 0 Å². The van der Waals surface area contributed by atoms with E-state index in [1.165, 1.54) is 7.11 Å². The van der Waals surface area contributed by atoms with Gasteiger partial charge in [0.15, 0.2) is 0 Å². The number of halogens is 3. The molecule has 0 aliphatic carbocycles. The highest BCUT2D eigenvalue weighted by Crippen LogP contribution is 2.30. The molecule has 0 bridgehead atoms. The van der Waals surface area contributed by atoms with Crippen LogP contribution in [0, 0.1) is 0 Å². The number of anilines is 1. The summed E-state index contributed by atoms with van der Waals surface area (Å²) in [5, 5.41) is 3.15. The minimum atomic E-state index is -4.09. The molecule has 0 heterocycles. The van der Waals surface area contributed by atoms with Crippen LogP contribution in [-0.2, 0) is 0 Å².